The largest absolute Gasteiger partial charge is 0.0830 e. The summed E-state index contributed by atoms with van der Waals surface area (Å²) in [4.78, 5) is 0. The molecule has 2 aliphatic carbocycles. The zero-order chi connectivity index (χ0) is 32.9. The van der Waals surface area contributed by atoms with Gasteiger partial charge in [0.2, 0.25) is 0 Å². The fourth-order valence-electron chi connectivity index (χ4n) is 8.44. The topological polar surface area (TPSA) is 0 Å². The smallest absolute Gasteiger partial charge is 0.0149 e. The van der Waals surface area contributed by atoms with Gasteiger partial charge >= 0.3 is 0 Å². The van der Waals surface area contributed by atoms with Crippen LogP contribution in [-0.2, 0) is 0 Å². The second kappa shape index (κ2) is 12.3. The van der Waals surface area contributed by atoms with Crippen LogP contribution < -0.4 is 15.9 Å². The molecule has 0 saturated carbocycles. The van der Waals surface area contributed by atoms with E-state index in [0.29, 0.717) is 5.92 Å². The molecule has 2 unspecified atom stereocenters. The standard InChI is InChI=1S/C46H31P.C2H6/c1-3-15-31(16-4-1)43-37-25-11-12-26-38(37)46(45-40-28-14-19-30-18-13-27-39(42(30)40)44(43)45)47(33-20-5-2-6-21-33)41-29-32-17-7-8-22-34(32)35-23-9-10-24-36(35)41;1-2/h1-26,28-29,39H,27H2;1-2H3. The predicted molar refractivity (Wildman–Crippen MR) is 215 cm³/mol. The third kappa shape index (κ3) is 4.63. The van der Waals surface area contributed by atoms with Gasteiger partial charge in [-0.05, 0) is 102 Å². The number of hydrogen-bond acceptors (Lipinski definition) is 0. The monoisotopic (exact) mass is 644 g/mol. The van der Waals surface area contributed by atoms with Crippen molar-refractivity contribution in [3.63, 3.8) is 0 Å². The molecule has 0 bridgehead atoms. The van der Waals surface area contributed by atoms with Crippen molar-refractivity contribution in [2.24, 2.45) is 0 Å². The molecule has 0 N–H and O–H groups in total. The Balaban J connectivity index is 0.00000160. The van der Waals surface area contributed by atoms with E-state index in [1.165, 1.54) is 87.2 Å². The quantitative estimate of drug-likeness (QED) is 0.132. The molecule has 0 spiro atoms. The number of fused-ring (bicyclic) bond motifs is 7. The molecule has 0 nitrogen and oxygen atoms in total. The van der Waals surface area contributed by atoms with Crippen molar-refractivity contribution in [2.45, 2.75) is 26.2 Å². The molecule has 2 atom stereocenters. The van der Waals surface area contributed by atoms with Gasteiger partial charge in [0.1, 0.15) is 0 Å². The van der Waals surface area contributed by atoms with Gasteiger partial charge in [-0.2, -0.15) is 0 Å². The van der Waals surface area contributed by atoms with Gasteiger partial charge < -0.3 is 0 Å². The van der Waals surface area contributed by atoms with Crippen LogP contribution in [0.2, 0.25) is 0 Å². The van der Waals surface area contributed by atoms with Gasteiger partial charge in [-0.25, -0.2) is 0 Å². The Labute approximate surface area is 290 Å². The first-order chi connectivity index (χ1) is 24.4. The summed E-state index contributed by atoms with van der Waals surface area (Å²) in [5, 5.41) is 12.3. The van der Waals surface area contributed by atoms with Crippen molar-refractivity contribution in [2.75, 3.05) is 0 Å². The molecule has 0 radical (unpaired) electrons. The van der Waals surface area contributed by atoms with Crippen LogP contribution in [0.1, 0.15) is 42.9 Å². The van der Waals surface area contributed by atoms with E-state index in [4.69, 9.17) is 0 Å². The Hall–Kier alpha value is -5.29. The lowest BCUT2D eigenvalue weighted by Crippen LogP contribution is -2.24. The summed E-state index contributed by atoms with van der Waals surface area (Å²) in [7, 11) is -0.961. The molecule has 0 saturated heterocycles. The minimum atomic E-state index is -0.961. The predicted octanol–water partition coefficient (Wildman–Crippen LogP) is 12.1. The Morgan fingerprint density at radius 2 is 1.14 bits per heavy atom. The first-order valence-electron chi connectivity index (χ1n) is 17.6. The molecule has 8 aromatic rings. The van der Waals surface area contributed by atoms with Gasteiger partial charge in [0.15, 0.2) is 0 Å². The average Bonchev–Trinajstić information content (AvgIpc) is 3.51. The van der Waals surface area contributed by atoms with E-state index >= 15 is 0 Å². The van der Waals surface area contributed by atoms with Crippen LogP contribution in [0.4, 0.5) is 0 Å². The van der Waals surface area contributed by atoms with Crippen molar-refractivity contribution >= 4 is 62.2 Å². The minimum Gasteiger partial charge on any atom is -0.0830 e. The Kier molecular flexibility index (Phi) is 7.49. The highest BCUT2D eigenvalue weighted by Gasteiger charge is 2.39. The van der Waals surface area contributed by atoms with E-state index in [1.54, 1.807) is 0 Å². The van der Waals surface area contributed by atoms with E-state index in [1.807, 2.05) is 13.8 Å². The number of allylic oxidation sites excluding steroid dienone is 1. The van der Waals surface area contributed by atoms with Gasteiger partial charge in [-0.1, -0.05) is 178 Å². The molecule has 8 aromatic carbocycles. The first kappa shape index (κ1) is 29.8. The SMILES string of the molecule is C1=Cc2cccc3c2C(C1)c1c-3c(P(c2ccccc2)c2cc3ccccc3c3ccccc23)c2ccccc2c1-c1ccccc1.CC. The highest BCUT2D eigenvalue weighted by atomic mass is 31.1. The van der Waals surface area contributed by atoms with E-state index in [9.17, 15) is 0 Å². The average molecular weight is 645 g/mol. The van der Waals surface area contributed by atoms with Crippen LogP contribution >= 0.6 is 7.92 Å². The molecule has 234 valence electrons. The maximum absolute atomic E-state index is 2.51. The summed E-state index contributed by atoms with van der Waals surface area (Å²) in [6.07, 6.45) is 5.77. The van der Waals surface area contributed by atoms with Crippen LogP contribution in [0.25, 0.3) is 60.6 Å². The molecule has 49 heavy (non-hydrogen) atoms. The third-order valence-electron chi connectivity index (χ3n) is 10.3. The number of hydrogen-bond donors (Lipinski definition) is 0. The Bertz CT molecular complexity index is 2540. The molecule has 1 heteroatoms. The van der Waals surface area contributed by atoms with Crippen LogP contribution in [0.5, 0.6) is 0 Å². The number of rotatable bonds is 4. The molecule has 0 aliphatic heterocycles. The van der Waals surface area contributed by atoms with Gasteiger partial charge in [0.05, 0.1) is 0 Å². The molecule has 0 fully saturated rings. The maximum atomic E-state index is 2.51. The lowest BCUT2D eigenvalue weighted by molar-refractivity contribution is 0.847. The van der Waals surface area contributed by atoms with Crippen molar-refractivity contribution in [3.8, 4) is 22.3 Å². The van der Waals surface area contributed by atoms with E-state index in [-0.39, 0.29) is 0 Å². The van der Waals surface area contributed by atoms with Gasteiger partial charge in [-0.3, -0.25) is 0 Å². The van der Waals surface area contributed by atoms with Gasteiger partial charge in [-0.15, -0.1) is 0 Å². The molecule has 10 rings (SSSR count). The first-order valence-corrected chi connectivity index (χ1v) is 18.9. The summed E-state index contributed by atoms with van der Waals surface area (Å²) in [5.74, 6) is 0.334. The highest BCUT2D eigenvalue weighted by molar-refractivity contribution is 7.81. The second-order valence-electron chi connectivity index (χ2n) is 12.8. The second-order valence-corrected chi connectivity index (χ2v) is 14.9. The lowest BCUT2D eigenvalue weighted by atomic mass is 9.82. The third-order valence-corrected chi connectivity index (χ3v) is 12.9. The maximum Gasteiger partial charge on any atom is 0.0149 e. The normalized spacial score (nSPS) is 14.7. The van der Waals surface area contributed by atoms with Gasteiger partial charge in [0.25, 0.3) is 0 Å². The van der Waals surface area contributed by atoms with E-state index in [0.717, 1.165) is 6.42 Å². The summed E-state index contributed by atoms with van der Waals surface area (Å²) in [5.41, 5.74) is 9.95. The molecule has 0 heterocycles. The highest BCUT2D eigenvalue weighted by Crippen LogP contribution is 2.57. The van der Waals surface area contributed by atoms with Crippen LogP contribution in [0.15, 0.2) is 164 Å². The van der Waals surface area contributed by atoms with Crippen LogP contribution in [0.3, 0.4) is 0 Å². The van der Waals surface area contributed by atoms with E-state index < -0.39 is 7.92 Å². The minimum absolute atomic E-state index is 0.334. The molecule has 2 aliphatic rings. The van der Waals surface area contributed by atoms with Crippen molar-refractivity contribution in [3.05, 3.63) is 180 Å². The van der Waals surface area contributed by atoms with Crippen LogP contribution in [-0.4, -0.2) is 0 Å². The Morgan fingerprint density at radius 1 is 0.510 bits per heavy atom. The zero-order valence-electron chi connectivity index (χ0n) is 27.9. The Morgan fingerprint density at radius 3 is 1.92 bits per heavy atom. The molecular formula is C48H37P. The molecule has 0 amide bonds. The van der Waals surface area contributed by atoms with Crippen molar-refractivity contribution < 1.29 is 0 Å². The fourth-order valence-corrected chi connectivity index (χ4v) is 11.3. The van der Waals surface area contributed by atoms with Crippen molar-refractivity contribution in [1.29, 1.82) is 0 Å². The molecule has 0 aromatic heterocycles. The van der Waals surface area contributed by atoms with Gasteiger partial charge in [0, 0.05) is 11.2 Å². The fraction of sp³-hybridized carbons (Fsp3) is 0.0833. The van der Waals surface area contributed by atoms with E-state index in [2.05, 4.69) is 170 Å². The van der Waals surface area contributed by atoms with Crippen molar-refractivity contribution in [1.82, 2.24) is 0 Å². The summed E-state index contributed by atoms with van der Waals surface area (Å²) in [6, 6.07) is 59.2. The summed E-state index contributed by atoms with van der Waals surface area (Å²) >= 11 is 0. The lowest BCUT2D eigenvalue weighted by Gasteiger charge is -2.29. The zero-order valence-corrected chi connectivity index (χ0v) is 28.8. The van der Waals surface area contributed by atoms with Crippen LogP contribution in [0, 0.1) is 0 Å². The number of benzene rings is 8. The molecular weight excluding hydrogens is 608 g/mol. The summed E-state index contributed by atoms with van der Waals surface area (Å²) < 4.78 is 0. The summed E-state index contributed by atoms with van der Waals surface area (Å²) in [6.45, 7) is 4.00.